The van der Waals surface area contributed by atoms with E-state index in [0.717, 1.165) is 0 Å². The van der Waals surface area contributed by atoms with Gasteiger partial charge in [0.2, 0.25) is 0 Å². The quantitative estimate of drug-likeness (QED) is 0.279. The second-order valence-electron chi connectivity index (χ2n) is 1.66. The normalized spacial score (nSPS) is 9.91. The third kappa shape index (κ3) is 2.68. The van der Waals surface area contributed by atoms with Gasteiger partial charge in [-0.05, 0) is 16.8 Å². The maximum absolute atomic E-state index is 10.2. The number of nitrogens with zero attached hydrogens (tertiary/aromatic N) is 1. The Labute approximate surface area is 91.1 Å². The molecule has 50 valence electrons. The molecule has 1 aromatic rings. The Morgan fingerprint density at radius 2 is 2.45 bits per heavy atom. The van der Waals surface area contributed by atoms with E-state index in [-0.39, 0.29) is 35.1 Å². The Kier molecular flexibility index (Phi) is 5.26. The zero-order valence-electron chi connectivity index (χ0n) is 6.07. The number of hydrogen-bond acceptors (Lipinski definition) is 3. The van der Waals surface area contributed by atoms with Crippen LogP contribution in [0.25, 0.3) is 5.57 Å². The molecule has 1 aromatic heterocycles. The minimum absolute atomic E-state index is 0. The van der Waals surface area contributed by atoms with Crippen molar-refractivity contribution in [2.24, 2.45) is 0 Å². The number of rotatable bonds is 1. The molecular weight excluding hydrogens is 169 g/mol. The molecule has 11 heavy (non-hydrogen) atoms. The first-order valence-corrected chi connectivity index (χ1v) is 3.57. The molecule has 0 radical (unpaired) electrons. The molecule has 0 saturated carbocycles. The van der Waals surface area contributed by atoms with E-state index in [0.29, 0.717) is 11.8 Å². The predicted octanol–water partition coefficient (Wildman–Crippen LogP) is -2.02. The van der Waals surface area contributed by atoms with Gasteiger partial charge in [-0.15, -0.1) is 6.26 Å². The number of allylic oxidation sites excluding steroid dienone is 1. The fourth-order valence-electron chi connectivity index (χ4n) is 0.577. The molecule has 0 amide bonds. The maximum atomic E-state index is 10.2. The summed E-state index contributed by atoms with van der Waals surface area (Å²) in [5.41, 5.74) is 0.906. The Morgan fingerprint density at radius 3 is 2.82 bits per heavy atom. The van der Waals surface area contributed by atoms with Crippen LogP contribution in [-0.4, -0.2) is 0 Å². The molecular formula is C7H4NNaOS. The van der Waals surface area contributed by atoms with E-state index >= 15 is 0 Å². The van der Waals surface area contributed by atoms with Crippen LogP contribution in [0.4, 0.5) is 0 Å². The van der Waals surface area contributed by atoms with Crippen LogP contribution >= 0.6 is 11.3 Å². The van der Waals surface area contributed by atoms with E-state index in [4.69, 9.17) is 5.26 Å². The van der Waals surface area contributed by atoms with Crippen molar-refractivity contribution >= 4 is 16.9 Å². The van der Waals surface area contributed by atoms with Gasteiger partial charge in [-0.25, -0.2) is 0 Å². The monoisotopic (exact) mass is 173 g/mol. The van der Waals surface area contributed by atoms with Gasteiger partial charge in [-0.1, -0.05) is 0 Å². The Hall–Kier alpha value is -0.270. The molecule has 0 N–H and O–H groups in total. The molecule has 0 aliphatic carbocycles. The van der Waals surface area contributed by atoms with Crippen molar-refractivity contribution in [3.8, 4) is 6.07 Å². The molecule has 2 nitrogen and oxygen atoms in total. The van der Waals surface area contributed by atoms with Crippen LogP contribution in [-0.2, 0) is 0 Å². The predicted molar refractivity (Wildman–Crippen MR) is 37.9 cm³/mol. The first kappa shape index (κ1) is 10.7. The Bertz CT molecular complexity index is 273. The molecule has 0 saturated heterocycles. The summed E-state index contributed by atoms with van der Waals surface area (Å²) >= 11 is 1.47. The van der Waals surface area contributed by atoms with Crippen molar-refractivity contribution < 1.29 is 34.7 Å². The summed E-state index contributed by atoms with van der Waals surface area (Å²) in [6.07, 6.45) is 0.571. The topological polar surface area (TPSA) is 46.8 Å². The molecule has 0 atom stereocenters. The summed E-state index contributed by atoms with van der Waals surface area (Å²) in [7, 11) is 0. The molecule has 4 heteroatoms. The second kappa shape index (κ2) is 5.39. The third-order valence-electron chi connectivity index (χ3n) is 1.07. The standard InChI is InChI=1S/C7H5NOS.Na/c8-3-7(4-9)6-1-2-10-5-6;/h1-2,4-5,9H;/q;+1/p-1/b7-4-;. The van der Waals surface area contributed by atoms with Crippen LogP contribution in [0.2, 0.25) is 0 Å². The molecule has 0 spiro atoms. The molecule has 0 aliphatic heterocycles. The van der Waals surface area contributed by atoms with Crippen LogP contribution in [0, 0.1) is 11.3 Å². The molecule has 0 fully saturated rings. The molecule has 1 heterocycles. The van der Waals surface area contributed by atoms with E-state index in [9.17, 15) is 5.11 Å². The Morgan fingerprint density at radius 1 is 1.73 bits per heavy atom. The zero-order valence-corrected chi connectivity index (χ0v) is 8.89. The smallest absolute Gasteiger partial charge is 0.877 e. The second-order valence-corrected chi connectivity index (χ2v) is 2.44. The van der Waals surface area contributed by atoms with E-state index in [2.05, 4.69) is 0 Å². The van der Waals surface area contributed by atoms with Gasteiger partial charge >= 0.3 is 29.6 Å². The van der Waals surface area contributed by atoms with Crippen LogP contribution in [0.15, 0.2) is 23.1 Å². The summed E-state index contributed by atoms with van der Waals surface area (Å²) in [5, 5.41) is 22.2. The van der Waals surface area contributed by atoms with Crippen molar-refractivity contribution in [1.82, 2.24) is 0 Å². The van der Waals surface area contributed by atoms with E-state index in [1.165, 1.54) is 11.3 Å². The summed E-state index contributed by atoms with van der Waals surface area (Å²) < 4.78 is 0. The zero-order chi connectivity index (χ0) is 7.40. The van der Waals surface area contributed by atoms with E-state index in [1.54, 1.807) is 11.4 Å². The third-order valence-corrected chi connectivity index (χ3v) is 1.75. The number of hydrogen-bond donors (Lipinski definition) is 0. The van der Waals surface area contributed by atoms with Crippen LogP contribution in [0.3, 0.4) is 0 Å². The fraction of sp³-hybridized carbons (Fsp3) is 0. The molecule has 1 rings (SSSR count). The van der Waals surface area contributed by atoms with Gasteiger partial charge in [0.1, 0.15) is 0 Å². The maximum Gasteiger partial charge on any atom is 1.00 e. The SMILES string of the molecule is N#C/C(=C/[O-])c1ccsc1.[Na+]. The molecule has 0 unspecified atom stereocenters. The number of nitriles is 1. The summed E-state index contributed by atoms with van der Waals surface area (Å²) in [5.74, 6) is 0. The van der Waals surface area contributed by atoms with Gasteiger partial charge in [0.25, 0.3) is 0 Å². The van der Waals surface area contributed by atoms with Crippen molar-refractivity contribution in [3.63, 3.8) is 0 Å². The van der Waals surface area contributed by atoms with E-state index < -0.39 is 0 Å². The van der Waals surface area contributed by atoms with Crippen molar-refractivity contribution in [1.29, 1.82) is 5.26 Å². The average molecular weight is 173 g/mol. The van der Waals surface area contributed by atoms with Gasteiger partial charge in [-0.3, -0.25) is 0 Å². The molecule has 0 aliphatic rings. The minimum Gasteiger partial charge on any atom is -0.877 e. The first-order chi connectivity index (χ1) is 4.88. The van der Waals surface area contributed by atoms with Crippen molar-refractivity contribution in [2.75, 3.05) is 0 Å². The fourth-order valence-corrected chi connectivity index (χ4v) is 1.23. The summed E-state index contributed by atoms with van der Waals surface area (Å²) in [6, 6.07) is 3.56. The van der Waals surface area contributed by atoms with Gasteiger partial charge in [-0.2, -0.15) is 16.6 Å². The minimum atomic E-state index is 0. The summed E-state index contributed by atoms with van der Waals surface area (Å²) in [4.78, 5) is 0. The Balaban J connectivity index is 0.000001000. The largest absolute Gasteiger partial charge is 1.00 e. The van der Waals surface area contributed by atoms with Gasteiger partial charge in [0.15, 0.2) is 0 Å². The summed E-state index contributed by atoms with van der Waals surface area (Å²) in [6.45, 7) is 0. The van der Waals surface area contributed by atoms with E-state index in [1.807, 2.05) is 11.4 Å². The van der Waals surface area contributed by atoms with Gasteiger partial charge in [0, 0.05) is 11.1 Å². The first-order valence-electron chi connectivity index (χ1n) is 2.63. The van der Waals surface area contributed by atoms with Crippen molar-refractivity contribution in [3.05, 3.63) is 28.7 Å². The van der Waals surface area contributed by atoms with Gasteiger partial charge < -0.3 is 5.11 Å². The van der Waals surface area contributed by atoms with Gasteiger partial charge in [0.05, 0.1) is 6.07 Å². The van der Waals surface area contributed by atoms with Crippen LogP contribution in [0.1, 0.15) is 5.56 Å². The average Bonchev–Trinajstić information content (AvgIpc) is 2.43. The van der Waals surface area contributed by atoms with Crippen LogP contribution < -0.4 is 34.7 Å². The molecule has 0 bridgehead atoms. The van der Waals surface area contributed by atoms with Crippen LogP contribution in [0.5, 0.6) is 0 Å². The molecule has 0 aromatic carbocycles. The number of thiophene rings is 1. The van der Waals surface area contributed by atoms with Crippen molar-refractivity contribution in [2.45, 2.75) is 0 Å².